The Hall–Kier alpha value is -0.870. The molecule has 37 heavy (non-hydrogen) atoms. The van der Waals surface area contributed by atoms with Crippen molar-refractivity contribution >= 4 is 5.91 Å². The van der Waals surface area contributed by atoms with Crippen molar-refractivity contribution in [1.29, 1.82) is 0 Å². The predicted octanol–water partition coefficient (Wildman–Crippen LogP) is 6.89. The number of amides is 1. The van der Waals surface area contributed by atoms with Crippen molar-refractivity contribution < 1.29 is 15.0 Å². The van der Waals surface area contributed by atoms with Crippen LogP contribution >= 0.6 is 0 Å². The summed E-state index contributed by atoms with van der Waals surface area (Å²) in [6.45, 7) is 11.2. The van der Waals surface area contributed by atoms with Crippen LogP contribution in [-0.2, 0) is 4.79 Å². The van der Waals surface area contributed by atoms with Crippen LogP contribution in [0.2, 0.25) is 0 Å². The molecule has 4 nitrogen and oxygen atoms in total. The number of unbranched alkanes of at least 4 members (excludes halogenated alkanes) is 1. The largest absolute Gasteiger partial charge is 0.393 e. The lowest BCUT2D eigenvalue weighted by Crippen LogP contribution is -2.50. The van der Waals surface area contributed by atoms with E-state index in [4.69, 9.17) is 0 Å². The van der Waals surface area contributed by atoms with Gasteiger partial charge in [-0.15, -0.1) is 0 Å². The third kappa shape index (κ3) is 5.08. The van der Waals surface area contributed by atoms with Gasteiger partial charge in [0.15, 0.2) is 0 Å². The van der Waals surface area contributed by atoms with E-state index in [9.17, 15) is 15.0 Å². The molecule has 4 fully saturated rings. The van der Waals surface area contributed by atoms with E-state index in [1.807, 2.05) is 4.90 Å². The summed E-state index contributed by atoms with van der Waals surface area (Å²) in [6, 6.07) is 0. The molecule has 0 radical (unpaired) electrons. The topological polar surface area (TPSA) is 60.8 Å². The number of likely N-dealkylation sites (tertiary alicyclic amines) is 1. The number of nitrogens with zero attached hydrogens (tertiary/aromatic N) is 1. The van der Waals surface area contributed by atoms with Gasteiger partial charge in [0.2, 0.25) is 5.91 Å². The number of hydrogen-bond donors (Lipinski definition) is 2. The Bertz CT molecular complexity index is 860. The molecular weight excluding hydrogens is 458 g/mol. The number of fused-ring (bicyclic) bond motifs is 5. The maximum atomic E-state index is 13.1. The molecule has 5 aliphatic rings. The number of rotatable bonds is 7. The van der Waals surface area contributed by atoms with Gasteiger partial charge in [-0.2, -0.15) is 0 Å². The SMILES string of the molecule is CCCCC1(O)CCN(C(=O)CCC(C)[C@H]2CC[C@H]3[C@@H]4CC=C5C[C@@H](O)CC[C@]5(C)[C@H]4CC[C@]23C)CC1. The van der Waals surface area contributed by atoms with Crippen LogP contribution in [0.3, 0.4) is 0 Å². The summed E-state index contributed by atoms with van der Waals surface area (Å²) in [5.41, 5.74) is 1.76. The molecule has 2 N–H and O–H groups in total. The molecule has 210 valence electrons. The average molecular weight is 514 g/mol. The molecule has 3 saturated carbocycles. The lowest BCUT2D eigenvalue weighted by atomic mass is 9.47. The normalized spacial score (nSPS) is 41.8. The maximum absolute atomic E-state index is 13.1. The van der Waals surface area contributed by atoms with Crippen molar-refractivity contribution in [3.63, 3.8) is 0 Å². The van der Waals surface area contributed by atoms with E-state index in [1.165, 1.54) is 38.5 Å². The van der Waals surface area contributed by atoms with E-state index in [2.05, 4.69) is 33.8 Å². The van der Waals surface area contributed by atoms with Crippen LogP contribution in [0, 0.1) is 40.4 Å². The molecule has 0 spiro atoms. The first kappa shape index (κ1) is 27.7. The summed E-state index contributed by atoms with van der Waals surface area (Å²) < 4.78 is 0. The zero-order valence-electron chi connectivity index (χ0n) is 24.3. The van der Waals surface area contributed by atoms with Gasteiger partial charge in [0.05, 0.1) is 11.7 Å². The highest BCUT2D eigenvalue weighted by Crippen LogP contribution is 2.67. The second-order valence-electron chi connectivity index (χ2n) is 14.6. The molecule has 4 aliphatic carbocycles. The van der Waals surface area contributed by atoms with Crippen LogP contribution in [0.15, 0.2) is 11.6 Å². The monoisotopic (exact) mass is 513 g/mol. The Balaban J connectivity index is 1.17. The van der Waals surface area contributed by atoms with Gasteiger partial charge in [0.25, 0.3) is 0 Å². The summed E-state index contributed by atoms with van der Waals surface area (Å²) in [5, 5.41) is 21.1. The Morgan fingerprint density at radius 3 is 2.57 bits per heavy atom. The van der Waals surface area contributed by atoms with Crippen molar-refractivity contribution in [2.24, 2.45) is 40.4 Å². The van der Waals surface area contributed by atoms with Crippen LogP contribution in [0.4, 0.5) is 0 Å². The highest BCUT2D eigenvalue weighted by molar-refractivity contribution is 5.76. The molecule has 1 unspecified atom stereocenters. The Labute approximate surface area is 226 Å². The maximum Gasteiger partial charge on any atom is 0.222 e. The van der Waals surface area contributed by atoms with Gasteiger partial charge < -0.3 is 15.1 Å². The van der Waals surface area contributed by atoms with E-state index in [-0.39, 0.29) is 6.10 Å². The van der Waals surface area contributed by atoms with Crippen molar-refractivity contribution in [3.05, 3.63) is 11.6 Å². The molecule has 0 bridgehead atoms. The molecule has 0 aromatic heterocycles. The predicted molar refractivity (Wildman–Crippen MR) is 150 cm³/mol. The first-order chi connectivity index (χ1) is 17.6. The molecule has 1 saturated heterocycles. The minimum atomic E-state index is -0.546. The highest BCUT2D eigenvalue weighted by Gasteiger charge is 2.59. The first-order valence-corrected chi connectivity index (χ1v) is 16.0. The molecule has 0 aromatic carbocycles. The Kier molecular flexibility index (Phi) is 7.93. The zero-order valence-corrected chi connectivity index (χ0v) is 24.3. The number of carbonyl (C=O) groups is 1. The quantitative estimate of drug-likeness (QED) is 0.365. The van der Waals surface area contributed by atoms with Gasteiger partial charge in [-0.25, -0.2) is 0 Å². The van der Waals surface area contributed by atoms with Crippen LogP contribution in [0.1, 0.15) is 124 Å². The minimum absolute atomic E-state index is 0.124. The van der Waals surface area contributed by atoms with Crippen molar-refractivity contribution in [2.45, 2.75) is 136 Å². The molecule has 4 heteroatoms. The molecule has 0 aromatic rings. The third-order valence-electron chi connectivity index (χ3n) is 12.7. The fraction of sp³-hybridized carbons (Fsp3) is 0.909. The van der Waals surface area contributed by atoms with Crippen molar-refractivity contribution in [2.75, 3.05) is 13.1 Å². The van der Waals surface area contributed by atoms with E-state index in [1.54, 1.807) is 5.57 Å². The summed E-state index contributed by atoms with van der Waals surface area (Å²) >= 11 is 0. The second kappa shape index (κ2) is 10.6. The zero-order chi connectivity index (χ0) is 26.4. The third-order valence-corrected chi connectivity index (χ3v) is 12.7. The number of aliphatic hydroxyl groups excluding tert-OH is 1. The molecule has 5 rings (SSSR count). The number of allylic oxidation sites excluding steroid dienone is 1. The summed E-state index contributed by atoms with van der Waals surface area (Å²) in [7, 11) is 0. The van der Waals surface area contributed by atoms with Crippen LogP contribution in [0.25, 0.3) is 0 Å². The number of piperidine rings is 1. The summed E-state index contributed by atoms with van der Waals surface area (Å²) in [4.78, 5) is 15.1. The van der Waals surface area contributed by atoms with Gasteiger partial charge in [0, 0.05) is 19.5 Å². The average Bonchev–Trinajstić information content (AvgIpc) is 3.24. The van der Waals surface area contributed by atoms with Crippen molar-refractivity contribution in [3.8, 4) is 0 Å². The Morgan fingerprint density at radius 1 is 1.08 bits per heavy atom. The van der Waals surface area contributed by atoms with E-state index in [0.717, 1.165) is 88.1 Å². The summed E-state index contributed by atoms with van der Waals surface area (Å²) in [6.07, 6.45) is 18.3. The Morgan fingerprint density at radius 2 is 1.84 bits per heavy atom. The molecule has 8 atom stereocenters. The van der Waals surface area contributed by atoms with E-state index >= 15 is 0 Å². The van der Waals surface area contributed by atoms with Gasteiger partial charge in [0.1, 0.15) is 0 Å². The molecular formula is C33H55NO3. The van der Waals surface area contributed by atoms with Crippen LogP contribution < -0.4 is 0 Å². The van der Waals surface area contributed by atoms with Crippen molar-refractivity contribution in [1.82, 2.24) is 4.90 Å². The van der Waals surface area contributed by atoms with Crippen LogP contribution in [-0.4, -0.2) is 45.8 Å². The highest BCUT2D eigenvalue weighted by atomic mass is 16.3. The van der Waals surface area contributed by atoms with Gasteiger partial charge in [-0.3, -0.25) is 4.79 Å². The molecule has 1 aliphatic heterocycles. The first-order valence-electron chi connectivity index (χ1n) is 16.0. The van der Waals surface area contributed by atoms with Gasteiger partial charge in [-0.1, -0.05) is 52.2 Å². The van der Waals surface area contributed by atoms with Crippen LogP contribution in [0.5, 0.6) is 0 Å². The number of aliphatic hydroxyl groups is 2. The fourth-order valence-corrected chi connectivity index (χ4v) is 10.3. The minimum Gasteiger partial charge on any atom is -0.393 e. The van der Waals surface area contributed by atoms with Gasteiger partial charge >= 0.3 is 0 Å². The lowest BCUT2D eigenvalue weighted by Gasteiger charge is -2.58. The van der Waals surface area contributed by atoms with E-state index < -0.39 is 5.60 Å². The smallest absolute Gasteiger partial charge is 0.222 e. The second-order valence-corrected chi connectivity index (χ2v) is 14.6. The van der Waals surface area contributed by atoms with Gasteiger partial charge in [-0.05, 0) is 117 Å². The summed E-state index contributed by atoms with van der Waals surface area (Å²) in [5.74, 6) is 4.06. The standard InChI is InChI=1S/C33H55NO3/c1-5-6-15-33(37)18-20-34(21-19-33)30(36)12-7-23(2)27-10-11-28-26-9-8-24-22-25(35)13-16-31(24,3)29(26)14-17-32(27,28)4/h8,23,25-29,35,37H,5-7,9-22H2,1-4H3/t23?,25-,26-,27+,28-,29-,31-,32+/m0/s1. The molecule has 1 heterocycles. The van der Waals surface area contributed by atoms with E-state index in [0.29, 0.717) is 29.1 Å². The fourth-order valence-electron chi connectivity index (χ4n) is 10.3. The number of carbonyl (C=O) groups excluding carboxylic acids is 1. The lowest BCUT2D eigenvalue weighted by molar-refractivity contribution is -0.136. The number of hydrogen-bond acceptors (Lipinski definition) is 3. The molecule has 1 amide bonds.